The molecule has 0 N–H and O–H groups in total. The van der Waals surface area contributed by atoms with E-state index in [0.717, 1.165) is 44.9 Å². The van der Waals surface area contributed by atoms with E-state index in [1.54, 1.807) is 0 Å². The Morgan fingerprint density at radius 2 is 0.879 bits per heavy atom. The van der Waals surface area contributed by atoms with Crippen LogP contribution in [0, 0.1) is 0 Å². The smallest absolute Gasteiger partial charge is 0.135 e. The second-order valence-corrected chi connectivity index (χ2v) is 14.9. The van der Waals surface area contributed by atoms with E-state index >= 15 is 0 Å². The molecule has 0 saturated heterocycles. The molecule has 2 heteroatoms. The molecule has 1 aromatic heterocycles. The van der Waals surface area contributed by atoms with Gasteiger partial charge in [-0.05, 0) is 115 Å². The Morgan fingerprint density at radius 3 is 1.69 bits per heavy atom. The molecule has 10 aromatic carbocycles. The Morgan fingerprint density at radius 1 is 0.293 bits per heavy atom. The van der Waals surface area contributed by atoms with E-state index < -0.39 is 0 Å². The fourth-order valence-electron chi connectivity index (χ4n) is 8.57. The average molecular weight is 740 g/mol. The van der Waals surface area contributed by atoms with Gasteiger partial charge in [-0.25, -0.2) is 0 Å². The Balaban J connectivity index is 1.05. The fourth-order valence-corrected chi connectivity index (χ4v) is 8.57. The number of anilines is 3. The van der Waals surface area contributed by atoms with Gasteiger partial charge in [-0.15, -0.1) is 0 Å². The topological polar surface area (TPSA) is 16.4 Å². The summed E-state index contributed by atoms with van der Waals surface area (Å²) in [6.07, 6.45) is 0. The van der Waals surface area contributed by atoms with Crippen molar-refractivity contribution >= 4 is 60.3 Å². The zero-order valence-corrected chi connectivity index (χ0v) is 31.7. The molecule has 0 aliphatic carbocycles. The maximum atomic E-state index is 6.29. The van der Waals surface area contributed by atoms with E-state index in [9.17, 15) is 0 Å². The van der Waals surface area contributed by atoms with Crippen LogP contribution in [-0.2, 0) is 0 Å². The highest BCUT2D eigenvalue weighted by atomic mass is 16.3. The van der Waals surface area contributed by atoms with Crippen molar-refractivity contribution in [2.45, 2.75) is 0 Å². The van der Waals surface area contributed by atoms with Crippen LogP contribution in [-0.4, -0.2) is 0 Å². The zero-order chi connectivity index (χ0) is 38.4. The van der Waals surface area contributed by atoms with Gasteiger partial charge in [0.1, 0.15) is 11.3 Å². The molecule has 2 nitrogen and oxygen atoms in total. The molecule has 0 spiro atoms. The molecule has 0 fully saturated rings. The second kappa shape index (κ2) is 14.1. The molecule has 0 radical (unpaired) electrons. The number of hydrogen-bond acceptors (Lipinski definition) is 2. The first-order chi connectivity index (χ1) is 28.7. The maximum Gasteiger partial charge on any atom is 0.135 e. The van der Waals surface area contributed by atoms with Crippen molar-refractivity contribution < 1.29 is 4.42 Å². The lowest BCUT2D eigenvalue weighted by Gasteiger charge is -2.28. The summed E-state index contributed by atoms with van der Waals surface area (Å²) in [5.41, 5.74) is 12.4. The molecule has 0 unspecified atom stereocenters. The van der Waals surface area contributed by atoms with Gasteiger partial charge in [-0.3, -0.25) is 0 Å². The Bertz CT molecular complexity index is 3250. The third-order valence-electron chi connectivity index (χ3n) is 11.4. The lowest BCUT2D eigenvalue weighted by Crippen LogP contribution is -2.10. The van der Waals surface area contributed by atoms with Gasteiger partial charge in [0.25, 0.3) is 0 Å². The van der Waals surface area contributed by atoms with E-state index in [2.05, 4.69) is 211 Å². The normalized spacial score (nSPS) is 11.4. The van der Waals surface area contributed by atoms with Crippen LogP contribution in [0.25, 0.3) is 88.0 Å². The van der Waals surface area contributed by atoms with Gasteiger partial charge in [-0.1, -0.05) is 170 Å². The van der Waals surface area contributed by atoms with Crippen LogP contribution in [0.2, 0.25) is 0 Å². The number of nitrogens with zero attached hydrogens (tertiary/aromatic N) is 1. The van der Waals surface area contributed by atoms with Crippen molar-refractivity contribution in [1.82, 2.24) is 0 Å². The Hall–Kier alpha value is -7.68. The highest BCUT2D eigenvalue weighted by Gasteiger charge is 2.19. The highest BCUT2D eigenvalue weighted by Crippen LogP contribution is 2.44. The van der Waals surface area contributed by atoms with Crippen molar-refractivity contribution in [1.29, 1.82) is 0 Å². The Kier molecular flexibility index (Phi) is 8.19. The number of hydrogen-bond donors (Lipinski definition) is 0. The minimum absolute atomic E-state index is 0.870. The van der Waals surface area contributed by atoms with Gasteiger partial charge in [0.15, 0.2) is 0 Å². The molecule has 0 atom stereocenters. The molecule has 0 aliphatic rings. The van der Waals surface area contributed by atoms with E-state index in [4.69, 9.17) is 4.42 Å². The fraction of sp³-hybridized carbons (Fsp3) is 0. The minimum Gasteiger partial charge on any atom is -0.456 e. The molecule has 11 rings (SSSR count). The molecule has 0 aliphatic heterocycles. The zero-order valence-electron chi connectivity index (χ0n) is 31.7. The first-order valence-electron chi connectivity index (χ1n) is 19.8. The average Bonchev–Trinajstić information content (AvgIpc) is 3.75. The summed E-state index contributed by atoms with van der Waals surface area (Å²) in [6.45, 7) is 0. The largest absolute Gasteiger partial charge is 0.456 e. The third-order valence-corrected chi connectivity index (χ3v) is 11.4. The summed E-state index contributed by atoms with van der Waals surface area (Å²) >= 11 is 0. The molecular formula is C56H37NO. The van der Waals surface area contributed by atoms with Crippen LogP contribution in [0.15, 0.2) is 229 Å². The van der Waals surface area contributed by atoms with Crippen LogP contribution in [0.4, 0.5) is 17.1 Å². The number of fused-ring (bicyclic) bond motifs is 5. The molecule has 11 aromatic rings. The molecular weight excluding hydrogens is 703 g/mol. The van der Waals surface area contributed by atoms with E-state index in [-0.39, 0.29) is 0 Å². The van der Waals surface area contributed by atoms with Gasteiger partial charge < -0.3 is 9.32 Å². The number of rotatable bonds is 7. The second-order valence-electron chi connectivity index (χ2n) is 14.9. The number of furan rings is 1. The first-order valence-corrected chi connectivity index (χ1v) is 19.8. The summed E-state index contributed by atoms with van der Waals surface area (Å²) < 4.78 is 6.29. The van der Waals surface area contributed by atoms with Crippen LogP contribution < -0.4 is 4.90 Å². The molecule has 1 heterocycles. The lowest BCUT2D eigenvalue weighted by molar-refractivity contribution is 0.631. The van der Waals surface area contributed by atoms with Gasteiger partial charge in [0, 0.05) is 27.7 Å². The lowest BCUT2D eigenvalue weighted by atomic mass is 9.94. The minimum atomic E-state index is 0.870. The van der Waals surface area contributed by atoms with Gasteiger partial charge in [0.2, 0.25) is 0 Å². The summed E-state index contributed by atoms with van der Waals surface area (Å²) in [5, 5.41) is 8.44. The van der Waals surface area contributed by atoms with Crippen molar-refractivity contribution in [3.05, 3.63) is 224 Å². The monoisotopic (exact) mass is 739 g/mol. The quantitative estimate of drug-likeness (QED) is 0.151. The maximum absolute atomic E-state index is 6.29. The molecule has 0 amide bonds. The standard InChI is InChI=1S/C56H37NO/c1-2-12-38(13-3-1)41-16-10-17-42(34-41)39-26-28-47(29-27-39)57(48-30-31-50-44(36-48)25-24-40-14-4-6-20-49(40)50)54-33-32-51(52-21-7-8-22-53(52)54)43-18-11-19-45(35-43)56-37-46-15-5-9-23-55(46)58-56/h1-37H. The van der Waals surface area contributed by atoms with Gasteiger partial charge in [0.05, 0.1) is 5.69 Å². The summed E-state index contributed by atoms with van der Waals surface area (Å²) in [5.74, 6) is 0.870. The van der Waals surface area contributed by atoms with Crippen molar-refractivity contribution in [3.8, 4) is 44.7 Å². The van der Waals surface area contributed by atoms with Crippen LogP contribution in [0.3, 0.4) is 0 Å². The van der Waals surface area contributed by atoms with Crippen molar-refractivity contribution in [2.75, 3.05) is 4.90 Å². The van der Waals surface area contributed by atoms with Gasteiger partial charge >= 0.3 is 0 Å². The van der Waals surface area contributed by atoms with Crippen LogP contribution in [0.1, 0.15) is 0 Å². The number of para-hydroxylation sites is 1. The first kappa shape index (κ1) is 33.6. The SMILES string of the molecule is c1ccc(-c2cccc(-c3ccc(N(c4ccc5c(ccc6ccccc65)c4)c4ccc(-c5cccc(-c6cc7ccccc7o6)c5)c5ccccc45)cc3)c2)cc1. The van der Waals surface area contributed by atoms with Crippen LogP contribution >= 0.6 is 0 Å². The molecule has 272 valence electrons. The molecule has 58 heavy (non-hydrogen) atoms. The Labute approximate surface area is 337 Å². The van der Waals surface area contributed by atoms with E-state index in [1.807, 2.05) is 18.2 Å². The van der Waals surface area contributed by atoms with Gasteiger partial charge in [-0.2, -0.15) is 0 Å². The number of benzene rings is 10. The van der Waals surface area contributed by atoms with E-state index in [1.165, 1.54) is 60.1 Å². The summed E-state index contributed by atoms with van der Waals surface area (Å²) in [7, 11) is 0. The summed E-state index contributed by atoms with van der Waals surface area (Å²) in [6, 6.07) is 80.8. The predicted molar refractivity (Wildman–Crippen MR) is 245 cm³/mol. The molecule has 0 bridgehead atoms. The van der Waals surface area contributed by atoms with Crippen molar-refractivity contribution in [2.24, 2.45) is 0 Å². The predicted octanol–water partition coefficient (Wildman–Crippen LogP) is 16.0. The molecule has 0 saturated carbocycles. The third kappa shape index (κ3) is 6.00. The van der Waals surface area contributed by atoms with Crippen LogP contribution in [0.5, 0.6) is 0 Å². The summed E-state index contributed by atoms with van der Waals surface area (Å²) in [4.78, 5) is 2.41. The van der Waals surface area contributed by atoms with E-state index in [0.29, 0.717) is 0 Å². The highest BCUT2D eigenvalue weighted by molar-refractivity contribution is 6.10. The van der Waals surface area contributed by atoms with Crippen molar-refractivity contribution in [3.63, 3.8) is 0 Å².